The smallest absolute Gasteiger partial charge is 0.280 e. The van der Waals surface area contributed by atoms with Gasteiger partial charge in [-0.05, 0) is 12.1 Å². The average molecular weight is 261 g/mol. The minimum absolute atomic E-state index is 0.106. The molecule has 1 aromatic rings. The zero-order chi connectivity index (χ0) is 12.3. The lowest BCUT2D eigenvalue weighted by atomic mass is 10.2. The highest BCUT2D eigenvalue weighted by molar-refractivity contribution is 6.33. The summed E-state index contributed by atoms with van der Waals surface area (Å²) in [5.41, 5.74) is 5.75. The first-order valence-electron chi connectivity index (χ1n) is 4.29. The molecule has 7 heteroatoms. The molecule has 0 atom stereocenters. The fraction of sp³-hybridized carbons (Fsp3) is 0.222. The van der Waals surface area contributed by atoms with Crippen LogP contribution in [0.4, 0.5) is 0 Å². The normalized spacial score (nSPS) is 11.4. The van der Waals surface area contributed by atoms with Crippen molar-refractivity contribution in [2.24, 2.45) is 10.7 Å². The van der Waals surface area contributed by atoms with E-state index in [1.165, 1.54) is 17.0 Å². The number of nitrogens with zero attached hydrogens (tertiary/aromatic N) is 3. The molecule has 0 spiro atoms. The Balaban J connectivity index is 3.01. The van der Waals surface area contributed by atoms with Crippen molar-refractivity contribution in [1.82, 2.24) is 9.88 Å². The second-order valence-electron chi connectivity index (χ2n) is 3.17. The molecule has 0 saturated carbocycles. The molecule has 0 aliphatic carbocycles. The van der Waals surface area contributed by atoms with E-state index in [-0.39, 0.29) is 21.8 Å². The van der Waals surface area contributed by atoms with Crippen LogP contribution in [0, 0.1) is 0 Å². The Kier molecular flexibility index (Phi) is 4.09. The quantitative estimate of drug-likeness (QED) is 0.471. The summed E-state index contributed by atoms with van der Waals surface area (Å²) in [7, 11) is 3.36. The van der Waals surface area contributed by atoms with Crippen LogP contribution in [0.2, 0.25) is 10.3 Å². The number of carbonyl (C=O) groups excluding carboxylic acids is 1. The molecule has 0 aromatic carbocycles. The molecule has 1 amide bonds. The highest BCUT2D eigenvalue weighted by Gasteiger charge is 2.09. The van der Waals surface area contributed by atoms with Crippen molar-refractivity contribution in [3.8, 4) is 0 Å². The van der Waals surface area contributed by atoms with E-state index in [4.69, 9.17) is 28.9 Å². The molecule has 0 aliphatic rings. The summed E-state index contributed by atoms with van der Waals surface area (Å²) in [6.45, 7) is 0. The van der Waals surface area contributed by atoms with E-state index in [0.717, 1.165) is 0 Å². The molecule has 0 radical (unpaired) electrons. The van der Waals surface area contributed by atoms with E-state index >= 15 is 0 Å². The van der Waals surface area contributed by atoms with E-state index in [1.54, 1.807) is 14.1 Å². The highest BCUT2D eigenvalue weighted by Crippen LogP contribution is 2.15. The maximum Gasteiger partial charge on any atom is 0.280 e. The predicted octanol–water partition coefficient (Wildman–Crippen LogP) is 1.40. The summed E-state index contributed by atoms with van der Waals surface area (Å²) < 4.78 is 0. The van der Waals surface area contributed by atoms with Gasteiger partial charge in [-0.2, -0.15) is 4.99 Å². The van der Waals surface area contributed by atoms with Gasteiger partial charge in [-0.25, -0.2) is 4.98 Å². The Hall–Kier alpha value is -1.33. The Bertz CT molecular complexity index is 425. The molecule has 0 bridgehead atoms. The van der Waals surface area contributed by atoms with Crippen LogP contribution in [0.1, 0.15) is 10.4 Å². The Labute approximate surface area is 103 Å². The largest absolute Gasteiger partial charge is 0.369 e. The lowest BCUT2D eigenvalue weighted by Crippen LogP contribution is -2.31. The molecule has 1 heterocycles. The van der Waals surface area contributed by atoms with Crippen molar-refractivity contribution in [2.45, 2.75) is 0 Å². The third kappa shape index (κ3) is 3.36. The predicted molar refractivity (Wildman–Crippen MR) is 63.9 cm³/mol. The summed E-state index contributed by atoms with van der Waals surface area (Å²) in [5, 5.41) is 0.268. The lowest BCUT2D eigenvalue weighted by molar-refractivity contribution is 0.100. The molecular weight excluding hydrogens is 251 g/mol. The van der Waals surface area contributed by atoms with Gasteiger partial charge in [0.1, 0.15) is 10.3 Å². The molecule has 1 aromatic heterocycles. The first-order valence-corrected chi connectivity index (χ1v) is 5.04. The molecule has 5 nitrogen and oxygen atoms in total. The molecular formula is C9H10Cl2N4O. The second-order valence-corrected chi connectivity index (χ2v) is 3.95. The van der Waals surface area contributed by atoms with Gasteiger partial charge < -0.3 is 10.6 Å². The summed E-state index contributed by atoms with van der Waals surface area (Å²) in [6, 6.07) is 2.75. The van der Waals surface area contributed by atoms with Gasteiger partial charge >= 0.3 is 0 Å². The van der Waals surface area contributed by atoms with Crippen LogP contribution in [-0.2, 0) is 0 Å². The third-order valence-corrected chi connectivity index (χ3v) is 2.07. The Morgan fingerprint density at radius 1 is 1.38 bits per heavy atom. The van der Waals surface area contributed by atoms with Crippen LogP contribution in [0.25, 0.3) is 0 Å². The van der Waals surface area contributed by atoms with Gasteiger partial charge in [0.25, 0.3) is 5.91 Å². The minimum Gasteiger partial charge on any atom is -0.369 e. The second kappa shape index (κ2) is 5.14. The molecule has 0 aliphatic heterocycles. The van der Waals surface area contributed by atoms with Crippen LogP contribution in [-0.4, -0.2) is 35.8 Å². The van der Waals surface area contributed by atoms with Gasteiger partial charge in [0.15, 0.2) is 5.96 Å². The molecule has 16 heavy (non-hydrogen) atoms. The van der Waals surface area contributed by atoms with Crippen molar-refractivity contribution in [3.05, 3.63) is 28.0 Å². The van der Waals surface area contributed by atoms with E-state index in [9.17, 15) is 4.79 Å². The van der Waals surface area contributed by atoms with Crippen molar-refractivity contribution in [3.63, 3.8) is 0 Å². The SMILES string of the molecule is CN(C)C(N)=NC(=O)c1cc(Cl)nc(Cl)c1. The number of amides is 1. The first kappa shape index (κ1) is 12.7. The van der Waals surface area contributed by atoms with Crippen molar-refractivity contribution in [1.29, 1.82) is 0 Å². The summed E-state index contributed by atoms with van der Waals surface area (Å²) in [4.78, 5) is 20.5. The molecule has 1 rings (SSSR count). The van der Waals surface area contributed by atoms with Gasteiger partial charge in [0.2, 0.25) is 0 Å². The number of aliphatic imine (C=N–C) groups is 1. The van der Waals surface area contributed by atoms with Crippen molar-refractivity contribution in [2.75, 3.05) is 14.1 Å². The molecule has 2 N–H and O–H groups in total. The van der Waals surface area contributed by atoms with Gasteiger partial charge in [-0.1, -0.05) is 23.2 Å². The van der Waals surface area contributed by atoms with Crippen LogP contribution in [0.5, 0.6) is 0 Å². The standard InChI is InChI=1S/C9H10Cl2N4O/c1-15(2)9(12)14-8(16)5-3-6(10)13-7(11)4-5/h3-4H,1-2H3,(H2,12,14,16). The van der Waals surface area contributed by atoms with Crippen molar-refractivity contribution >= 4 is 35.1 Å². The first-order chi connectivity index (χ1) is 7.40. The minimum atomic E-state index is -0.516. The van der Waals surface area contributed by atoms with E-state index in [1.807, 2.05) is 0 Å². The van der Waals surface area contributed by atoms with Gasteiger partial charge in [0.05, 0.1) is 0 Å². The fourth-order valence-corrected chi connectivity index (χ4v) is 1.32. The molecule has 0 saturated heterocycles. The van der Waals surface area contributed by atoms with Crippen molar-refractivity contribution < 1.29 is 4.79 Å². The number of carbonyl (C=O) groups is 1. The van der Waals surface area contributed by atoms with E-state index in [0.29, 0.717) is 0 Å². The monoisotopic (exact) mass is 260 g/mol. The molecule has 0 unspecified atom stereocenters. The number of guanidine groups is 1. The number of aromatic nitrogens is 1. The number of rotatable bonds is 1. The maximum absolute atomic E-state index is 11.6. The van der Waals surface area contributed by atoms with E-state index < -0.39 is 5.91 Å². The van der Waals surface area contributed by atoms with Crippen LogP contribution in [0.3, 0.4) is 0 Å². The summed E-state index contributed by atoms with van der Waals surface area (Å²) >= 11 is 11.3. The summed E-state index contributed by atoms with van der Waals surface area (Å²) in [6.07, 6.45) is 0. The maximum atomic E-state index is 11.6. The summed E-state index contributed by atoms with van der Waals surface area (Å²) in [5.74, 6) is -0.411. The highest BCUT2D eigenvalue weighted by atomic mass is 35.5. The van der Waals surface area contributed by atoms with Crippen LogP contribution in [0.15, 0.2) is 17.1 Å². The number of hydrogen-bond acceptors (Lipinski definition) is 2. The van der Waals surface area contributed by atoms with Crippen LogP contribution < -0.4 is 5.73 Å². The Morgan fingerprint density at radius 3 is 2.31 bits per heavy atom. The van der Waals surface area contributed by atoms with Gasteiger partial charge in [0, 0.05) is 19.7 Å². The van der Waals surface area contributed by atoms with E-state index in [2.05, 4.69) is 9.98 Å². The number of halogens is 2. The molecule has 86 valence electrons. The fourth-order valence-electron chi connectivity index (χ4n) is 0.857. The van der Waals surface area contributed by atoms with Gasteiger partial charge in [-0.3, -0.25) is 4.79 Å². The number of nitrogens with two attached hydrogens (primary N) is 1. The number of pyridine rings is 1. The molecule has 0 fully saturated rings. The van der Waals surface area contributed by atoms with Crippen LogP contribution >= 0.6 is 23.2 Å². The third-order valence-electron chi connectivity index (χ3n) is 1.68. The average Bonchev–Trinajstić information content (AvgIpc) is 2.15. The number of hydrogen-bond donors (Lipinski definition) is 1. The van der Waals surface area contributed by atoms with Gasteiger partial charge in [-0.15, -0.1) is 0 Å². The Morgan fingerprint density at radius 2 is 1.88 bits per heavy atom. The topological polar surface area (TPSA) is 71.6 Å². The zero-order valence-corrected chi connectivity index (χ0v) is 10.2. The lowest BCUT2D eigenvalue weighted by Gasteiger charge is -2.09. The zero-order valence-electron chi connectivity index (χ0n) is 8.74.